The molecule has 0 saturated carbocycles. The molecule has 0 aromatic carbocycles. The number of anilines is 1. The molecule has 1 heterocycles. The molecule has 1 aromatic rings. The smallest absolute Gasteiger partial charge is 0.155 e. The van der Waals surface area contributed by atoms with Crippen LogP contribution in [0.4, 0.5) is 5.82 Å². The van der Waals surface area contributed by atoms with Crippen LogP contribution < -0.4 is 5.32 Å². The van der Waals surface area contributed by atoms with Gasteiger partial charge in [0, 0.05) is 6.54 Å². The van der Waals surface area contributed by atoms with Crippen molar-refractivity contribution in [1.82, 2.24) is 10.2 Å². The molecule has 0 aliphatic rings. The SMILES string of the molecule is Cc1c(Cl)nnc(NCC(C)(C)C(C)C)c1C. The first kappa shape index (κ1) is 14.2. The highest BCUT2D eigenvalue weighted by molar-refractivity contribution is 6.30. The van der Waals surface area contributed by atoms with Crippen molar-refractivity contribution in [3.05, 3.63) is 16.3 Å². The van der Waals surface area contributed by atoms with Crippen LogP contribution in [0.5, 0.6) is 0 Å². The van der Waals surface area contributed by atoms with Crippen LogP contribution in [0.2, 0.25) is 5.15 Å². The Morgan fingerprint density at radius 1 is 1.18 bits per heavy atom. The van der Waals surface area contributed by atoms with E-state index >= 15 is 0 Å². The van der Waals surface area contributed by atoms with Crippen LogP contribution in [0.15, 0.2) is 0 Å². The second-order valence-electron chi connectivity index (χ2n) is 5.59. The fraction of sp³-hybridized carbons (Fsp3) is 0.692. The first-order chi connectivity index (χ1) is 7.75. The summed E-state index contributed by atoms with van der Waals surface area (Å²) in [6, 6.07) is 0. The summed E-state index contributed by atoms with van der Waals surface area (Å²) >= 11 is 5.93. The summed E-state index contributed by atoms with van der Waals surface area (Å²) in [5, 5.41) is 11.9. The first-order valence-electron chi connectivity index (χ1n) is 5.99. The van der Waals surface area contributed by atoms with Crippen molar-refractivity contribution in [1.29, 1.82) is 0 Å². The summed E-state index contributed by atoms with van der Waals surface area (Å²) in [5.41, 5.74) is 2.29. The van der Waals surface area contributed by atoms with Crippen LogP contribution in [0.25, 0.3) is 0 Å². The molecule has 4 heteroatoms. The minimum absolute atomic E-state index is 0.224. The van der Waals surface area contributed by atoms with Crippen LogP contribution >= 0.6 is 11.6 Å². The Bertz CT molecular complexity index is 400. The highest BCUT2D eigenvalue weighted by Crippen LogP contribution is 2.27. The molecule has 17 heavy (non-hydrogen) atoms. The monoisotopic (exact) mass is 255 g/mol. The second kappa shape index (κ2) is 5.21. The fourth-order valence-electron chi connectivity index (χ4n) is 1.26. The molecule has 0 bridgehead atoms. The molecule has 0 saturated heterocycles. The lowest BCUT2D eigenvalue weighted by Crippen LogP contribution is -2.29. The lowest BCUT2D eigenvalue weighted by atomic mass is 9.81. The van der Waals surface area contributed by atoms with Crippen LogP contribution in [0.1, 0.15) is 38.8 Å². The topological polar surface area (TPSA) is 37.8 Å². The van der Waals surface area contributed by atoms with Crippen molar-refractivity contribution < 1.29 is 0 Å². The minimum atomic E-state index is 0.224. The molecule has 1 rings (SSSR count). The molecule has 0 atom stereocenters. The third kappa shape index (κ3) is 3.32. The third-order valence-corrected chi connectivity index (χ3v) is 4.10. The van der Waals surface area contributed by atoms with Gasteiger partial charge in [-0.05, 0) is 36.3 Å². The Morgan fingerprint density at radius 2 is 1.76 bits per heavy atom. The quantitative estimate of drug-likeness (QED) is 0.888. The minimum Gasteiger partial charge on any atom is -0.368 e. The van der Waals surface area contributed by atoms with E-state index in [0.29, 0.717) is 11.1 Å². The number of hydrogen-bond donors (Lipinski definition) is 1. The Morgan fingerprint density at radius 3 is 2.29 bits per heavy atom. The number of halogens is 1. The van der Waals surface area contributed by atoms with E-state index in [-0.39, 0.29) is 5.41 Å². The van der Waals surface area contributed by atoms with Crippen LogP contribution in [-0.4, -0.2) is 16.7 Å². The summed E-state index contributed by atoms with van der Waals surface area (Å²) in [6.45, 7) is 13.8. The summed E-state index contributed by atoms with van der Waals surface area (Å²) in [4.78, 5) is 0. The van der Waals surface area contributed by atoms with E-state index in [4.69, 9.17) is 11.6 Å². The molecule has 0 unspecified atom stereocenters. The van der Waals surface area contributed by atoms with E-state index in [0.717, 1.165) is 23.5 Å². The largest absolute Gasteiger partial charge is 0.368 e. The zero-order chi connectivity index (χ0) is 13.2. The average Bonchev–Trinajstić information content (AvgIpc) is 2.25. The molecule has 0 aliphatic carbocycles. The van der Waals surface area contributed by atoms with E-state index in [9.17, 15) is 0 Å². The van der Waals surface area contributed by atoms with Gasteiger partial charge < -0.3 is 5.32 Å². The van der Waals surface area contributed by atoms with Crippen molar-refractivity contribution in [2.45, 2.75) is 41.5 Å². The van der Waals surface area contributed by atoms with E-state index in [1.807, 2.05) is 13.8 Å². The summed E-state index contributed by atoms with van der Waals surface area (Å²) < 4.78 is 0. The lowest BCUT2D eigenvalue weighted by Gasteiger charge is -2.29. The number of rotatable bonds is 4. The Labute approximate surface area is 109 Å². The number of aromatic nitrogens is 2. The van der Waals surface area contributed by atoms with Crippen LogP contribution in [0, 0.1) is 25.2 Å². The summed E-state index contributed by atoms with van der Waals surface area (Å²) in [6.07, 6.45) is 0. The van der Waals surface area contributed by atoms with Gasteiger partial charge in [0.15, 0.2) is 11.0 Å². The first-order valence-corrected chi connectivity index (χ1v) is 6.36. The fourth-order valence-corrected chi connectivity index (χ4v) is 1.44. The lowest BCUT2D eigenvalue weighted by molar-refractivity contribution is 0.269. The van der Waals surface area contributed by atoms with Gasteiger partial charge in [-0.25, -0.2) is 0 Å². The van der Waals surface area contributed by atoms with Gasteiger partial charge in [0.25, 0.3) is 0 Å². The standard InChI is InChI=1S/C13H22ClN3/c1-8(2)13(5,6)7-15-12-10(4)9(3)11(14)16-17-12/h8H,7H2,1-6H3,(H,15,17). The zero-order valence-corrected chi connectivity index (χ0v) is 12.3. The predicted octanol–water partition coefficient (Wildman–Crippen LogP) is 3.84. The number of nitrogens with zero attached hydrogens (tertiary/aromatic N) is 2. The molecular formula is C13H22ClN3. The number of hydrogen-bond acceptors (Lipinski definition) is 3. The molecule has 0 fully saturated rings. The normalized spacial score (nSPS) is 12.0. The molecule has 1 aromatic heterocycles. The maximum Gasteiger partial charge on any atom is 0.155 e. The van der Waals surface area contributed by atoms with Crippen molar-refractivity contribution in [2.75, 3.05) is 11.9 Å². The van der Waals surface area contributed by atoms with Crippen molar-refractivity contribution in [3.63, 3.8) is 0 Å². The van der Waals surface area contributed by atoms with E-state index < -0.39 is 0 Å². The molecule has 0 radical (unpaired) electrons. The molecule has 0 aliphatic heterocycles. The van der Waals surface area contributed by atoms with Crippen LogP contribution in [0.3, 0.4) is 0 Å². The maximum atomic E-state index is 5.93. The average molecular weight is 256 g/mol. The van der Waals surface area contributed by atoms with Crippen molar-refractivity contribution in [2.24, 2.45) is 11.3 Å². The summed E-state index contributed by atoms with van der Waals surface area (Å²) in [5.74, 6) is 1.44. The maximum absolute atomic E-state index is 5.93. The third-order valence-electron chi connectivity index (χ3n) is 3.74. The van der Waals surface area contributed by atoms with Crippen molar-refractivity contribution in [3.8, 4) is 0 Å². The van der Waals surface area contributed by atoms with Gasteiger partial charge in [0.2, 0.25) is 0 Å². The van der Waals surface area contributed by atoms with Gasteiger partial charge >= 0.3 is 0 Å². The Hall–Kier alpha value is -0.830. The highest BCUT2D eigenvalue weighted by atomic mass is 35.5. The van der Waals surface area contributed by atoms with E-state index in [1.54, 1.807) is 0 Å². The number of nitrogens with one attached hydrogen (secondary N) is 1. The van der Waals surface area contributed by atoms with Crippen molar-refractivity contribution >= 4 is 17.4 Å². The Kier molecular flexibility index (Phi) is 4.36. The molecule has 0 spiro atoms. The zero-order valence-electron chi connectivity index (χ0n) is 11.6. The highest BCUT2D eigenvalue weighted by Gasteiger charge is 2.22. The van der Waals surface area contributed by atoms with Gasteiger partial charge in [0.05, 0.1) is 0 Å². The van der Waals surface area contributed by atoms with E-state index in [2.05, 4.69) is 43.2 Å². The van der Waals surface area contributed by atoms with Gasteiger partial charge in [-0.3, -0.25) is 0 Å². The van der Waals surface area contributed by atoms with Gasteiger partial charge in [0.1, 0.15) is 0 Å². The van der Waals surface area contributed by atoms with Crippen LogP contribution in [-0.2, 0) is 0 Å². The molecule has 3 nitrogen and oxygen atoms in total. The second-order valence-corrected chi connectivity index (χ2v) is 5.94. The van der Waals surface area contributed by atoms with E-state index in [1.165, 1.54) is 0 Å². The molecular weight excluding hydrogens is 234 g/mol. The molecule has 0 amide bonds. The van der Waals surface area contributed by atoms with Gasteiger partial charge in [-0.2, -0.15) is 0 Å². The Balaban J connectivity index is 2.81. The molecule has 1 N–H and O–H groups in total. The summed E-state index contributed by atoms with van der Waals surface area (Å²) in [7, 11) is 0. The van der Waals surface area contributed by atoms with Gasteiger partial charge in [-0.1, -0.05) is 39.3 Å². The van der Waals surface area contributed by atoms with Gasteiger partial charge in [-0.15, -0.1) is 10.2 Å². The molecule has 96 valence electrons. The predicted molar refractivity (Wildman–Crippen MR) is 73.6 cm³/mol.